The van der Waals surface area contributed by atoms with Gasteiger partial charge in [0.2, 0.25) is 0 Å². The van der Waals surface area contributed by atoms with Crippen molar-refractivity contribution >= 4 is 29.2 Å². The minimum absolute atomic E-state index is 0.549. The van der Waals surface area contributed by atoms with Gasteiger partial charge in [-0.25, -0.2) is 9.97 Å². The van der Waals surface area contributed by atoms with Gasteiger partial charge in [-0.1, -0.05) is 11.6 Å². The Labute approximate surface area is 98.2 Å². The first-order valence-corrected chi connectivity index (χ1v) is 6.54. The van der Waals surface area contributed by atoms with Crippen LogP contribution < -0.4 is 4.90 Å². The maximum atomic E-state index is 5.95. The Kier molecular flexibility index (Phi) is 2.29. The molecule has 0 aromatic carbocycles. The molecule has 2 aliphatic rings. The Morgan fingerprint density at radius 1 is 1.53 bits per heavy atom. The normalized spacial score (nSPS) is 28.8. The topological polar surface area (TPSA) is 29.0 Å². The second-order valence-electron chi connectivity index (χ2n) is 4.09. The molecule has 0 aliphatic carbocycles. The number of rotatable bonds is 1. The van der Waals surface area contributed by atoms with Crippen LogP contribution in [0.15, 0.2) is 6.07 Å². The van der Waals surface area contributed by atoms with Crippen molar-refractivity contribution in [2.24, 2.45) is 0 Å². The van der Waals surface area contributed by atoms with Gasteiger partial charge in [-0.2, -0.15) is 11.8 Å². The predicted molar refractivity (Wildman–Crippen MR) is 63.8 cm³/mol. The highest BCUT2D eigenvalue weighted by Crippen LogP contribution is 2.39. The number of hydrogen-bond acceptors (Lipinski definition) is 4. The number of anilines is 1. The van der Waals surface area contributed by atoms with Crippen molar-refractivity contribution in [2.75, 3.05) is 17.2 Å². The molecule has 0 amide bonds. The van der Waals surface area contributed by atoms with Crippen LogP contribution in [-0.2, 0) is 0 Å². The van der Waals surface area contributed by atoms with Gasteiger partial charge < -0.3 is 4.90 Å². The van der Waals surface area contributed by atoms with Crippen molar-refractivity contribution in [3.63, 3.8) is 0 Å². The smallest absolute Gasteiger partial charge is 0.134 e. The molecule has 3 rings (SSSR count). The fraction of sp³-hybridized carbons (Fsp3) is 0.600. The maximum Gasteiger partial charge on any atom is 0.134 e. The first-order valence-electron chi connectivity index (χ1n) is 5.12. The van der Waals surface area contributed by atoms with E-state index in [9.17, 15) is 0 Å². The van der Waals surface area contributed by atoms with Crippen LogP contribution >= 0.6 is 23.4 Å². The van der Waals surface area contributed by atoms with Crippen molar-refractivity contribution in [3.05, 3.63) is 17.0 Å². The van der Waals surface area contributed by atoms with Crippen LogP contribution in [0, 0.1) is 6.92 Å². The summed E-state index contributed by atoms with van der Waals surface area (Å²) in [7, 11) is 0. The number of halogens is 1. The lowest BCUT2D eigenvalue weighted by Gasteiger charge is -2.27. The minimum Gasteiger partial charge on any atom is -0.351 e. The molecule has 0 spiro atoms. The molecule has 0 saturated carbocycles. The summed E-state index contributed by atoms with van der Waals surface area (Å²) < 4.78 is 0. The summed E-state index contributed by atoms with van der Waals surface area (Å²) in [5.74, 6) is 2.99. The van der Waals surface area contributed by atoms with Gasteiger partial charge in [0.15, 0.2) is 0 Å². The second-order valence-corrected chi connectivity index (χ2v) is 5.81. The zero-order valence-electron chi connectivity index (χ0n) is 8.48. The third kappa shape index (κ3) is 1.70. The van der Waals surface area contributed by atoms with Gasteiger partial charge in [-0.05, 0) is 13.3 Å². The van der Waals surface area contributed by atoms with Gasteiger partial charge in [-0.3, -0.25) is 0 Å². The Bertz CT molecular complexity index is 378. The van der Waals surface area contributed by atoms with E-state index in [4.69, 9.17) is 11.6 Å². The van der Waals surface area contributed by atoms with Crippen molar-refractivity contribution in [1.82, 2.24) is 9.97 Å². The van der Waals surface area contributed by atoms with E-state index in [-0.39, 0.29) is 0 Å². The lowest BCUT2D eigenvalue weighted by Crippen LogP contribution is -2.34. The number of nitrogens with zero attached hydrogens (tertiary/aromatic N) is 3. The Balaban J connectivity index is 1.93. The summed E-state index contributed by atoms with van der Waals surface area (Å²) in [6, 6.07) is 2.53. The van der Waals surface area contributed by atoms with Crippen LogP contribution in [0.3, 0.4) is 0 Å². The van der Waals surface area contributed by atoms with Crippen LogP contribution in [0.25, 0.3) is 0 Å². The number of hydrogen-bond donors (Lipinski definition) is 0. The number of thioether (sulfide) groups is 1. The lowest BCUT2D eigenvalue weighted by molar-refractivity contribution is 0.748. The lowest BCUT2D eigenvalue weighted by atomic mass is 10.2. The molecule has 1 aromatic heterocycles. The third-order valence-corrected chi connectivity index (χ3v) is 4.57. The highest BCUT2D eigenvalue weighted by Gasteiger charge is 2.39. The van der Waals surface area contributed by atoms with Crippen LogP contribution in [0.2, 0.25) is 5.15 Å². The molecule has 3 nitrogen and oxygen atoms in total. The van der Waals surface area contributed by atoms with Crippen LogP contribution in [0.5, 0.6) is 0 Å². The molecule has 15 heavy (non-hydrogen) atoms. The summed E-state index contributed by atoms with van der Waals surface area (Å²) in [6.45, 7) is 3.00. The first kappa shape index (κ1) is 9.73. The van der Waals surface area contributed by atoms with Gasteiger partial charge in [0, 0.05) is 29.7 Å². The molecule has 2 aliphatic heterocycles. The molecule has 3 heterocycles. The van der Waals surface area contributed by atoms with Gasteiger partial charge >= 0.3 is 0 Å². The Morgan fingerprint density at radius 2 is 2.40 bits per heavy atom. The zero-order valence-corrected chi connectivity index (χ0v) is 10.1. The Morgan fingerprint density at radius 3 is 3.00 bits per heavy atom. The monoisotopic (exact) mass is 241 g/mol. The van der Waals surface area contributed by atoms with Crippen molar-refractivity contribution in [2.45, 2.75) is 24.6 Å². The summed E-state index contributed by atoms with van der Waals surface area (Å²) in [5, 5.41) is 1.34. The van der Waals surface area contributed by atoms with E-state index in [0.29, 0.717) is 11.2 Å². The highest BCUT2D eigenvalue weighted by molar-refractivity contribution is 8.00. The summed E-state index contributed by atoms with van der Waals surface area (Å²) in [6.07, 6.45) is 1.30. The summed E-state index contributed by atoms with van der Waals surface area (Å²) in [5.41, 5.74) is 0. The Hall–Kier alpha value is -0.480. The first-order chi connectivity index (χ1) is 7.22. The van der Waals surface area contributed by atoms with E-state index >= 15 is 0 Å². The minimum atomic E-state index is 0.549. The van der Waals surface area contributed by atoms with Gasteiger partial charge in [0.05, 0.1) is 0 Å². The van der Waals surface area contributed by atoms with Crippen LogP contribution in [-0.4, -0.2) is 33.6 Å². The van der Waals surface area contributed by atoms with Crippen molar-refractivity contribution in [3.8, 4) is 0 Å². The molecule has 5 heteroatoms. The molecular formula is C10H12ClN3S. The largest absolute Gasteiger partial charge is 0.351 e. The van der Waals surface area contributed by atoms with E-state index in [1.807, 2.05) is 13.0 Å². The molecule has 2 atom stereocenters. The average molecular weight is 242 g/mol. The SMILES string of the molecule is Cc1nc(Cl)cc(N2CC3CC2CS3)n1. The quantitative estimate of drug-likeness (QED) is 0.705. The molecule has 80 valence electrons. The summed E-state index contributed by atoms with van der Waals surface area (Å²) >= 11 is 8.03. The molecule has 2 saturated heterocycles. The fourth-order valence-corrected chi connectivity index (χ4v) is 4.00. The zero-order chi connectivity index (χ0) is 10.4. The van der Waals surface area contributed by atoms with Crippen molar-refractivity contribution in [1.29, 1.82) is 0 Å². The van der Waals surface area contributed by atoms with Crippen LogP contribution in [0.1, 0.15) is 12.2 Å². The standard InChI is InChI=1S/C10H12ClN3S/c1-6-12-9(11)3-10(13-6)14-4-8-2-7(14)5-15-8/h3,7-8H,2,4-5H2,1H3. The van der Waals surface area contributed by atoms with E-state index in [0.717, 1.165) is 23.4 Å². The molecule has 0 radical (unpaired) electrons. The number of fused-ring (bicyclic) bond motifs is 2. The molecular weight excluding hydrogens is 230 g/mol. The molecule has 1 aromatic rings. The molecule has 2 unspecified atom stereocenters. The molecule has 2 bridgehead atoms. The van der Waals surface area contributed by atoms with E-state index in [1.54, 1.807) is 0 Å². The molecule has 0 N–H and O–H groups in total. The molecule has 2 fully saturated rings. The van der Waals surface area contributed by atoms with Gasteiger partial charge in [0.25, 0.3) is 0 Å². The van der Waals surface area contributed by atoms with Crippen LogP contribution in [0.4, 0.5) is 5.82 Å². The third-order valence-electron chi connectivity index (χ3n) is 2.99. The van der Waals surface area contributed by atoms with Crippen molar-refractivity contribution < 1.29 is 0 Å². The highest BCUT2D eigenvalue weighted by atomic mass is 35.5. The maximum absolute atomic E-state index is 5.95. The second kappa shape index (κ2) is 3.52. The number of aromatic nitrogens is 2. The summed E-state index contributed by atoms with van der Waals surface area (Å²) in [4.78, 5) is 10.9. The number of aryl methyl sites for hydroxylation is 1. The van der Waals surface area contributed by atoms with E-state index < -0.39 is 0 Å². The predicted octanol–water partition coefficient (Wildman–Crippen LogP) is 2.13. The van der Waals surface area contributed by atoms with Gasteiger partial charge in [0.1, 0.15) is 16.8 Å². The van der Waals surface area contributed by atoms with Gasteiger partial charge in [-0.15, -0.1) is 0 Å². The van der Waals surface area contributed by atoms with E-state index in [1.165, 1.54) is 12.2 Å². The van der Waals surface area contributed by atoms with E-state index in [2.05, 4.69) is 26.6 Å². The average Bonchev–Trinajstić information content (AvgIpc) is 2.76. The fourth-order valence-electron chi connectivity index (χ4n) is 2.34.